The molecule has 1 fully saturated rings. The van der Waals surface area contributed by atoms with Gasteiger partial charge >= 0.3 is 0 Å². The quantitative estimate of drug-likeness (QED) is 0.373. The number of anilines is 5. The second-order valence-corrected chi connectivity index (χ2v) is 8.74. The van der Waals surface area contributed by atoms with E-state index in [4.69, 9.17) is 15.7 Å². The molecule has 2 aromatic heterocycles. The molecule has 0 spiro atoms. The maximum atomic E-state index is 13.0. The Balaban J connectivity index is 1.61. The number of halogens is 1. The van der Waals surface area contributed by atoms with Crippen molar-refractivity contribution in [3.05, 3.63) is 52.8 Å². The van der Waals surface area contributed by atoms with Crippen molar-refractivity contribution >= 4 is 46.2 Å². The van der Waals surface area contributed by atoms with Gasteiger partial charge < -0.3 is 26.0 Å². The summed E-state index contributed by atoms with van der Waals surface area (Å²) >= 11 is 6.42. The number of nitrogens with zero attached hydrogens (tertiary/aromatic N) is 5. The average Bonchev–Trinajstić information content (AvgIpc) is 3.17. The number of β-amino-alcohol motifs (C(OH)–C–C–N with tert-alkyl or cyclic N) is 1. The van der Waals surface area contributed by atoms with Crippen molar-refractivity contribution in [2.75, 3.05) is 61.8 Å². The van der Waals surface area contributed by atoms with Crippen LogP contribution in [-0.4, -0.2) is 77.0 Å². The Kier molecular flexibility index (Phi) is 6.56. The Bertz CT molecular complexity index is 1290. The van der Waals surface area contributed by atoms with Crippen molar-refractivity contribution in [1.82, 2.24) is 25.0 Å². The molecule has 0 radical (unpaired) electrons. The number of hydrogen-bond acceptors (Lipinski definition) is 8. The molecular formula is C24H31ClN8O2. The fourth-order valence-corrected chi connectivity index (χ4v) is 4.22. The fraction of sp³-hybridized carbons (Fsp3) is 0.375. The van der Waals surface area contributed by atoms with Crippen molar-refractivity contribution in [2.45, 2.75) is 6.92 Å². The van der Waals surface area contributed by atoms with Gasteiger partial charge in [-0.2, -0.15) is 5.10 Å². The van der Waals surface area contributed by atoms with Crippen LogP contribution in [0.4, 0.5) is 28.7 Å². The number of carbonyl (C=O) groups is 1. The van der Waals surface area contributed by atoms with Gasteiger partial charge in [0.25, 0.3) is 5.91 Å². The lowest BCUT2D eigenvalue weighted by Gasteiger charge is -2.36. The largest absolute Gasteiger partial charge is 0.395 e. The number of aromatic nitrogens is 3. The molecule has 0 atom stereocenters. The lowest BCUT2D eigenvalue weighted by Crippen LogP contribution is -2.47. The highest BCUT2D eigenvalue weighted by Crippen LogP contribution is 2.32. The van der Waals surface area contributed by atoms with Gasteiger partial charge in [-0.15, -0.1) is 0 Å². The van der Waals surface area contributed by atoms with Gasteiger partial charge in [0, 0.05) is 68.7 Å². The maximum Gasteiger partial charge on any atom is 0.253 e. The molecule has 0 bridgehead atoms. The molecule has 11 heteroatoms. The summed E-state index contributed by atoms with van der Waals surface area (Å²) in [6.45, 7) is 2.94. The Morgan fingerprint density at radius 1 is 1.17 bits per heavy atom. The smallest absolute Gasteiger partial charge is 0.253 e. The second-order valence-electron chi connectivity index (χ2n) is 8.33. The van der Waals surface area contributed by atoms with Gasteiger partial charge in [0.1, 0.15) is 11.6 Å². The van der Waals surface area contributed by atoms with E-state index in [1.807, 2.05) is 26.1 Å². The lowest BCUT2D eigenvalue weighted by molar-refractivity contribution is 0.0964. The van der Waals surface area contributed by atoms with Crippen molar-refractivity contribution in [1.29, 1.82) is 0 Å². The fourth-order valence-electron chi connectivity index (χ4n) is 4.07. The van der Waals surface area contributed by atoms with Crippen molar-refractivity contribution < 1.29 is 14.0 Å². The second kappa shape index (κ2) is 10.9. The van der Waals surface area contributed by atoms with Crippen molar-refractivity contribution in [3.8, 4) is 0 Å². The van der Waals surface area contributed by atoms with E-state index in [1.165, 1.54) is 6.20 Å². The third-order valence-corrected chi connectivity index (χ3v) is 6.20. The van der Waals surface area contributed by atoms with Gasteiger partial charge in [0.15, 0.2) is 0 Å². The zero-order chi connectivity index (χ0) is 27.4. The first-order valence-electron chi connectivity index (χ1n) is 12.8. The molecule has 0 unspecified atom stereocenters. The van der Waals surface area contributed by atoms with E-state index in [-0.39, 0.29) is 12.2 Å². The molecule has 10 nitrogen and oxygen atoms in total. The van der Waals surface area contributed by atoms with Crippen LogP contribution in [0.3, 0.4) is 0 Å². The number of amides is 1. The highest BCUT2D eigenvalue weighted by atomic mass is 35.5. The molecular weight excluding hydrogens is 468 g/mol. The van der Waals surface area contributed by atoms with E-state index in [0.29, 0.717) is 41.8 Å². The van der Waals surface area contributed by atoms with Gasteiger partial charge in [0.2, 0.25) is 0 Å². The van der Waals surface area contributed by atoms with Gasteiger partial charge in [-0.1, -0.05) is 11.6 Å². The number of piperazine rings is 1. The standard InChI is InChI=1S/C24H31ClN8O2/c1-16-12-23(31(3)30-16)29-22-14-21(19(25)15-27-22)28-20-5-4-17(13-18(20)24(35)26-2)33-8-6-32(7-9-33)10-11-34/h4-5,12-15,34H,6-11H2,1-3H3,(H,26,35)(H2,27,28,29)/i2D3. The lowest BCUT2D eigenvalue weighted by atomic mass is 10.1. The molecule has 3 aromatic rings. The molecule has 4 N–H and O–H groups in total. The molecule has 1 aliphatic rings. The van der Waals surface area contributed by atoms with Crippen LogP contribution in [0.2, 0.25) is 5.02 Å². The number of pyridine rings is 1. The number of carbonyl (C=O) groups excluding carboxylic acids is 1. The molecule has 4 rings (SSSR count). The molecule has 35 heavy (non-hydrogen) atoms. The summed E-state index contributed by atoms with van der Waals surface area (Å²) in [6, 6.07) is 8.87. The van der Waals surface area contributed by atoms with E-state index in [0.717, 1.165) is 30.3 Å². The van der Waals surface area contributed by atoms with Crippen LogP contribution in [-0.2, 0) is 7.05 Å². The summed E-state index contributed by atoms with van der Waals surface area (Å²) in [5, 5.41) is 22.3. The summed E-state index contributed by atoms with van der Waals surface area (Å²) in [6.07, 6.45) is 1.48. The van der Waals surface area contributed by atoms with Crippen molar-refractivity contribution in [3.63, 3.8) is 0 Å². The van der Waals surface area contributed by atoms with Crippen LogP contribution in [0.5, 0.6) is 0 Å². The number of rotatable bonds is 8. The summed E-state index contributed by atoms with van der Waals surface area (Å²) < 4.78 is 24.2. The number of hydrogen-bond donors (Lipinski definition) is 4. The molecule has 1 aliphatic heterocycles. The number of nitrogens with one attached hydrogen (secondary N) is 3. The first-order valence-corrected chi connectivity index (χ1v) is 11.6. The van der Waals surface area contributed by atoms with Crippen LogP contribution < -0.4 is 20.9 Å². The SMILES string of the molecule is [2H]C([2H])([2H])NC(=O)c1cc(N2CCN(CCO)CC2)ccc1Nc1cc(Nc2cc(C)nn2C)ncc1Cl. The normalized spacial score (nSPS) is 15.8. The highest BCUT2D eigenvalue weighted by molar-refractivity contribution is 6.33. The third kappa shape index (κ3) is 5.84. The predicted octanol–water partition coefficient (Wildman–Crippen LogP) is 2.74. The van der Waals surface area contributed by atoms with Gasteiger partial charge in [0.05, 0.1) is 40.5 Å². The minimum atomic E-state index is -2.65. The van der Waals surface area contributed by atoms with Crippen LogP contribution in [0.1, 0.15) is 20.2 Å². The molecule has 1 aromatic carbocycles. The minimum absolute atomic E-state index is 0.107. The van der Waals surface area contributed by atoms with Gasteiger partial charge in [-0.25, -0.2) is 4.98 Å². The zero-order valence-corrected chi connectivity index (χ0v) is 20.4. The maximum absolute atomic E-state index is 13.0. The Morgan fingerprint density at radius 3 is 2.66 bits per heavy atom. The molecule has 186 valence electrons. The van der Waals surface area contributed by atoms with Crippen LogP contribution in [0.15, 0.2) is 36.5 Å². The van der Waals surface area contributed by atoms with E-state index < -0.39 is 12.9 Å². The Morgan fingerprint density at radius 2 is 1.97 bits per heavy atom. The molecule has 1 saturated heterocycles. The predicted molar refractivity (Wildman–Crippen MR) is 139 cm³/mol. The Hall–Kier alpha value is -3.34. The number of aryl methyl sites for hydroxylation is 2. The number of aliphatic hydroxyl groups excluding tert-OH is 1. The molecule has 3 heterocycles. The van der Waals surface area contributed by atoms with Gasteiger partial charge in [-0.3, -0.25) is 14.4 Å². The number of benzene rings is 1. The molecule has 1 amide bonds. The average molecular weight is 502 g/mol. The topological polar surface area (TPSA) is 111 Å². The number of aliphatic hydroxyl groups is 1. The van der Waals surface area contributed by atoms with Gasteiger partial charge in [-0.05, 0) is 25.1 Å². The van der Waals surface area contributed by atoms with E-state index in [2.05, 4.69) is 35.8 Å². The first-order chi connectivity index (χ1) is 18.0. The molecule has 0 saturated carbocycles. The highest BCUT2D eigenvalue weighted by Gasteiger charge is 2.20. The summed E-state index contributed by atoms with van der Waals surface area (Å²) in [4.78, 5) is 21.7. The van der Waals surface area contributed by atoms with E-state index in [1.54, 1.807) is 22.9 Å². The summed E-state index contributed by atoms with van der Waals surface area (Å²) in [5.74, 6) is 0.511. The zero-order valence-electron chi connectivity index (χ0n) is 22.7. The minimum Gasteiger partial charge on any atom is -0.395 e. The van der Waals surface area contributed by atoms with Crippen LogP contribution in [0, 0.1) is 6.92 Å². The van der Waals surface area contributed by atoms with E-state index >= 15 is 0 Å². The van der Waals surface area contributed by atoms with Crippen molar-refractivity contribution in [2.24, 2.45) is 7.05 Å². The Labute approximate surface area is 214 Å². The first kappa shape index (κ1) is 21.0. The monoisotopic (exact) mass is 501 g/mol. The molecule has 0 aliphatic carbocycles. The third-order valence-electron chi connectivity index (χ3n) is 5.90. The van der Waals surface area contributed by atoms with Crippen LogP contribution >= 0.6 is 11.6 Å². The van der Waals surface area contributed by atoms with Crippen LogP contribution in [0.25, 0.3) is 0 Å². The summed E-state index contributed by atoms with van der Waals surface area (Å²) in [5.41, 5.74) is 2.69. The summed E-state index contributed by atoms with van der Waals surface area (Å²) in [7, 11) is 1.81. The van der Waals surface area contributed by atoms with E-state index in [9.17, 15) is 9.90 Å².